The van der Waals surface area contributed by atoms with Crippen molar-refractivity contribution in [3.8, 4) is 17.2 Å². The Balaban J connectivity index is 1.62. The van der Waals surface area contributed by atoms with Crippen LogP contribution in [-0.4, -0.2) is 31.2 Å². The molecule has 0 bridgehead atoms. The third-order valence-electron chi connectivity index (χ3n) is 6.48. The summed E-state index contributed by atoms with van der Waals surface area (Å²) < 4.78 is 70.6. The number of pyridine rings is 1. The number of aromatic nitrogens is 1. The minimum atomic E-state index is -4.00. The Morgan fingerprint density at radius 2 is 2.00 bits per heavy atom. The highest BCUT2D eigenvalue weighted by Gasteiger charge is 2.59. The first-order valence-electron chi connectivity index (χ1n) is 10.6. The fraction of sp³-hybridized carbons (Fsp3) is 0.417. The molecule has 2 aromatic rings. The van der Waals surface area contributed by atoms with Crippen molar-refractivity contribution in [2.45, 2.75) is 37.2 Å². The highest BCUT2D eigenvalue weighted by Crippen LogP contribution is 2.56. The molecule has 0 aliphatic heterocycles. The number of fused-ring (bicyclic) bond motifs is 1. The molecule has 1 heterocycles. The molecule has 0 saturated heterocycles. The number of rotatable bonds is 5. The van der Waals surface area contributed by atoms with Gasteiger partial charge in [0.05, 0.1) is 18.0 Å². The second-order valence-corrected chi connectivity index (χ2v) is 10.5. The van der Waals surface area contributed by atoms with Gasteiger partial charge in [0.15, 0.2) is 5.60 Å². The normalized spacial score (nSPS) is 29.0. The van der Waals surface area contributed by atoms with Crippen molar-refractivity contribution in [3.05, 3.63) is 60.2 Å². The van der Waals surface area contributed by atoms with Gasteiger partial charge in [0.25, 0.3) is 10.1 Å². The van der Waals surface area contributed by atoms with Crippen LogP contribution < -0.4 is 0 Å². The molecule has 0 spiro atoms. The molecule has 33 heavy (non-hydrogen) atoms. The van der Waals surface area contributed by atoms with Gasteiger partial charge >= 0.3 is 0 Å². The molecule has 1 aromatic heterocycles. The van der Waals surface area contributed by atoms with E-state index in [1.165, 1.54) is 12.1 Å². The molecule has 2 saturated carbocycles. The van der Waals surface area contributed by atoms with Crippen molar-refractivity contribution < 1.29 is 25.8 Å². The standard InChI is InChI=1S/C24H23F3N2O3S/c1-33(30,31)32-23(15-28)12-18-13-24(26,27)10-9-21(18)22(23)8-7-20-6-5-17(14-29-20)16-3-2-4-19(25)11-16/h2-8,11,14,18,21-22H,9-10,12-13H2,1H3/b8-7+/t18-,21-,22+,23?/m1/s1. The molecule has 1 aromatic carbocycles. The summed E-state index contributed by atoms with van der Waals surface area (Å²) in [4.78, 5) is 4.35. The number of nitrogens with zero attached hydrogens (tertiary/aromatic N) is 2. The lowest BCUT2D eigenvalue weighted by atomic mass is 9.75. The lowest BCUT2D eigenvalue weighted by molar-refractivity contribution is -0.0659. The van der Waals surface area contributed by atoms with E-state index in [0.717, 1.165) is 6.26 Å². The average molecular weight is 477 g/mol. The van der Waals surface area contributed by atoms with Crippen LogP contribution in [0.5, 0.6) is 0 Å². The number of hydrogen-bond donors (Lipinski definition) is 0. The van der Waals surface area contributed by atoms with Crippen LogP contribution in [-0.2, 0) is 14.3 Å². The van der Waals surface area contributed by atoms with Gasteiger partial charge < -0.3 is 0 Å². The highest BCUT2D eigenvalue weighted by molar-refractivity contribution is 7.86. The van der Waals surface area contributed by atoms with Crippen LogP contribution in [0.4, 0.5) is 13.2 Å². The second kappa shape index (κ2) is 8.58. The minimum absolute atomic E-state index is 0.0717. The predicted molar refractivity (Wildman–Crippen MR) is 117 cm³/mol. The van der Waals surface area contributed by atoms with Crippen molar-refractivity contribution >= 4 is 16.2 Å². The number of nitriles is 1. The zero-order valence-corrected chi connectivity index (χ0v) is 18.7. The Morgan fingerprint density at radius 1 is 1.21 bits per heavy atom. The van der Waals surface area contributed by atoms with Gasteiger partial charge in [0.1, 0.15) is 5.82 Å². The summed E-state index contributed by atoms with van der Waals surface area (Å²) >= 11 is 0. The Kier molecular flexibility index (Phi) is 6.10. The summed E-state index contributed by atoms with van der Waals surface area (Å²) in [6, 6.07) is 11.6. The maximum absolute atomic E-state index is 14.0. The van der Waals surface area contributed by atoms with Gasteiger partial charge in [-0.2, -0.15) is 13.7 Å². The molecule has 9 heteroatoms. The summed E-state index contributed by atoms with van der Waals surface area (Å²) in [5.41, 5.74) is 0.186. The summed E-state index contributed by atoms with van der Waals surface area (Å²) in [5, 5.41) is 9.90. The van der Waals surface area contributed by atoms with Gasteiger partial charge in [-0.25, -0.2) is 17.4 Å². The van der Waals surface area contributed by atoms with Gasteiger partial charge in [-0.15, -0.1) is 0 Å². The van der Waals surface area contributed by atoms with Crippen LogP contribution in [0.25, 0.3) is 17.2 Å². The van der Waals surface area contributed by atoms with E-state index in [1.807, 2.05) is 6.07 Å². The van der Waals surface area contributed by atoms with E-state index < -0.39 is 33.5 Å². The smallest absolute Gasteiger partial charge is 0.256 e. The SMILES string of the molecule is CS(=O)(=O)OC1(C#N)C[C@@H]2CC(F)(F)CC[C@H]2[C@@H]1/C=C/c1ccc(-c2cccc(F)c2)cn1. The summed E-state index contributed by atoms with van der Waals surface area (Å²) in [6.07, 6.45) is 5.15. The van der Waals surface area contributed by atoms with E-state index in [-0.39, 0.29) is 37.4 Å². The quantitative estimate of drug-likeness (QED) is 0.554. The van der Waals surface area contributed by atoms with Crippen molar-refractivity contribution in [2.24, 2.45) is 17.8 Å². The third kappa shape index (κ3) is 5.12. The van der Waals surface area contributed by atoms with Gasteiger partial charge in [-0.3, -0.25) is 4.98 Å². The molecule has 0 N–H and O–H groups in total. The maximum atomic E-state index is 14.0. The van der Waals surface area contributed by atoms with Crippen LogP contribution in [0.15, 0.2) is 48.7 Å². The Labute approximate surface area is 191 Å². The van der Waals surface area contributed by atoms with E-state index in [0.29, 0.717) is 16.8 Å². The molecule has 2 aliphatic rings. The average Bonchev–Trinajstić information content (AvgIpc) is 3.02. The highest BCUT2D eigenvalue weighted by atomic mass is 32.2. The molecule has 5 nitrogen and oxygen atoms in total. The van der Waals surface area contributed by atoms with Crippen LogP contribution in [0.1, 0.15) is 31.4 Å². The second-order valence-electron chi connectivity index (χ2n) is 8.88. The maximum Gasteiger partial charge on any atom is 0.265 e. The van der Waals surface area contributed by atoms with Gasteiger partial charge in [0, 0.05) is 30.5 Å². The molecule has 0 radical (unpaired) electrons. The molecular weight excluding hydrogens is 453 g/mol. The van der Waals surface area contributed by atoms with E-state index in [2.05, 4.69) is 4.98 Å². The molecule has 174 valence electrons. The molecule has 2 aliphatic carbocycles. The van der Waals surface area contributed by atoms with Crippen molar-refractivity contribution in [1.29, 1.82) is 5.26 Å². The number of alkyl halides is 2. The van der Waals surface area contributed by atoms with Gasteiger partial charge in [-0.1, -0.05) is 24.3 Å². The molecule has 1 unspecified atom stereocenters. The summed E-state index contributed by atoms with van der Waals surface area (Å²) in [6.45, 7) is 0. The van der Waals surface area contributed by atoms with E-state index in [1.54, 1.807) is 42.6 Å². The van der Waals surface area contributed by atoms with Crippen LogP contribution in [0.3, 0.4) is 0 Å². The number of halogens is 3. The monoisotopic (exact) mass is 476 g/mol. The predicted octanol–water partition coefficient (Wildman–Crippen LogP) is 5.21. The first kappa shape index (κ1) is 23.5. The first-order valence-corrected chi connectivity index (χ1v) is 12.4. The zero-order valence-electron chi connectivity index (χ0n) is 17.9. The topological polar surface area (TPSA) is 80.0 Å². The van der Waals surface area contributed by atoms with Crippen LogP contribution >= 0.6 is 0 Å². The number of benzene rings is 1. The fourth-order valence-electron chi connectivity index (χ4n) is 5.16. The zero-order chi connectivity index (χ0) is 23.9. The molecule has 0 amide bonds. The van der Waals surface area contributed by atoms with Gasteiger partial charge in [-0.05, 0) is 54.5 Å². The van der Waals surface area contributed by atoms with E-state index >= 15 is 0 Å². The molecule has 4 atom stereocenters. The third-order valence-corrected chi connectivity index (χ3v) is 7.08. The van der Waals surface area contributed by atoms with E-state index in [9.17, 15) is 26.9 Å². The van der Waals surface area contributed by atoms with Crippen molar-refractivity contribution in [1.82, 2.24) is 4.98 Å². The Morgan fingerprint density at radius 3 is 2.64 bits per heavy atom. The van der Waals surface area contributed by atoms with Crippen molar-refractivity contribution in [3.63, 3.8) is 0 Å². The lowest BCUT2D eigenvalue weighted by Crippen LogP contribution is -2.38. The first-order chi connectivity index (χ1) is 15.5. The van der Waals surface area contributed by atoms with Gasteiger partial charge in [0.2, 0.25) is 5.92 Å². The van der Waals surface area contributed by atoms with Crippen LogP contribution in [0.2, 0.25) is 0 Å². The fourth-order valence-corrected chi connectivity index (χ4v) is 5.92. The Hall–Kier alpha value is -2.70. The van der Waals surface area contributed by atoms with Crippen molar-refractivity contribution in [2.75, 3.05) is 6.26 Å². The molecule has 2 fully saturated rings. The van der Waals surface area contributed by atoms with Crippen LogP contribution in [0, 0.1) is 34.9 Å². The lowest BCUT2D eigenvalue weighted by Gasteiger charge is -2.33. The molecule has 4 rings (SSSR count). The summed E-state index contributed by atoms with van der Waals surface area (Å²) in [7, 11) is -4.00. The number of hydrogen-bond acceptors (Lipinski definition) is 5. The van der Waals surface area contributed by atoms with E-state index in [4.69, 9.17) is 4.18 Å². The summed E-state index contributed by atoms with van der Waals surface area (Å²) in [5.74, 6) is -4.69. The largest absolute Gasteiger partial charge is 0.265 e. The Bertz CT molecular complexity index is 1210. The minimum Gasteiger partial charge on any atom is -0.256 e. The molecular formula is C24H23F3N2O3S.